The van der Waals surface area contributed by atoms with Gasteiger partial charge in [0.05, 0.1) is 14.3 Å². The van der Waals surface area contributed by atoms with Gasteiger partial charge in [0.25, 0.3) is 11.6 Å². The Morgan fingerprint density at radius 3 is 2.26 bits per heavy atom. The van der Waals surface area contributed by atoms with Crippen molar-refractivity contribution in [3.63, 3.8) is 0 Å². The van der Waals surface area contributed by atoms with E-state index in [0.717, 1.165) is 0 Å². The number of nitro groups is 1. The van der Waals surface area contributed by atoms with Gasteiger partial charge < -0.3 is 4.90 Å². The van der Waals surface area contributed by atoms with Gasteiger partial charge in [-0.15, -0.1) is 0 Å². The number of nitrogens with zero attached hydrogens (tertiary/aromatic N) is 3. The van der Waals surface area contributed by atoms with E-state index >= 15 is 0 Å². The second-order valence-electron chi connectivity index (χ2n) is 5.93. The zero-order chi connectivity index (χ0) is 19.6. The van der Waals surface area contributed by atoms with Crippen molar-refractivity contribution >= 4 is 37.5 Å². The summed E-state index contributed by atoms with van der Waals surface area (Å²) in [5, 5.41) is 11.0. The zero-order valence-corrected chi connectivity index (χ0v) is 16.5. The van der Waals surface area contributed by atoms with E-state index in [1.807, 2.05) is 0 Å². The molecule has 142 valence electrons. The van der Waals surface area contributed by atoms with E-state index in [-0.39, 0.29) is 48.2 Å². The molecule has 2 aromatic carbocycles. The van der Waals surface area contributed by atoms with E-state index in [1.165, 1.54) is 39.5 Å². The Hall–Kier alpha value is -2.30. The van der Waals surface area contributed by atoms with E-state index in [0.29, 0.717) is 4.47 Å². The number of rotatable bonds is 4. The first-order chi connectivity index (χ1) is 12.8. The molecule has 0 radical (unpaired) electrons. The van der Waals surface area contributed by atoms with Crippen molar-refractivity contribution in [2.24, 2.45) is 0 Å². The maximum Gasteiger partial charge on any atom is 0.284 e. The first-order valence-electron chi connectivity index (χ1n) is 8.09. The van der Waals surface area contributed by atoms with Gasteiger partial charge in [0, 0.05) is 37.8 Å². The molecule has 1 fully saturated rings. The summed E-state index contributed by atoms with van der Waals surface area (Å²) in [4.78, 5) is 24.8. The summed E-state index contributed by atoms with van der Waals surface area (Å²) in [6.45, 7) is 0.771. The Morgan fingerprint density at radius 2 is 1.67 bits per heavy atom. The average Bonchev–Trinajstić information content (AvgIpc) is 2.68. The summed E-state index contributed by atoms with van der Waals surface area (Å²) >= 11 is 3.09. The third-order valence-corrected chi connectivity index (χ3v) is 6.88. The van der Waals surface area contributed by atoms with Crippen LogP contribution in [0.25, 0.3) is 0 Å². The Morgan fingerprint density at radius 1 is 1.04 bits per heavy atom. The number of carbonyl (C=O) groups excluding carboxylic acids is 1. The number of carbonyl (C=O) groups is 1. The summed E-state index contributed by atoms with van der Waals surface area (Å²) in [5.74, 6) is -0.359. The Labute approximate surface area is 164 Å². The van der Waals surface area contributed by atoms with Gasteiger partial charge in [0.15, 0.2) is 0 Å². The smallest absolute Gasteiger partial charge is 0.284 e. The molecule has 0 bridgehead atoms. The Kier molecular flexibility index (Phi) is 5.59. The molecule has 27 heavy (non-hydrogen) atoms. The zero-order valence-electron chi connectivity index (χ0n) is 14.1. The summed E-state index contributed by atoms with van der Waals surface area (Å²) < 4.78 is 26.9. The van der Waals surface area contributed by atoms with E-state index in [4.69, 9.17) is 0 Å². The number of nitro benzene ring substituents is 1. The van der Waals surface area contributed by atoms with Crippen LogP contribution in [0, 0.1) is 10.1 Å². The van der Waals surface area contributed by atoms with Crippen LogP contribution >= 0.6 is 15.9 Å². The lowest BCUT2D eigenvalue weighted by Gasteiger charge is -2.34. The van der Waals surface area contributed by atoms with E-state index in [2.05, 4.69) is 15.9 Å². The maximum atomic E-state index is 12.6. The van der Waals surface area contributed by atoms with Crippen LogP contribution in [0.5, 0.6) is 0 Å². The van der Waals surface area contributed by atoms with E-state index < -0.39 is 14.9 Å². The summed E-state index contributed by atoms with van der Waals surface area (Å²) in [5.41, 5.74) is 0.00964. The second-order valence-corrected chi connectivity index (χ2v) is 8.72. The molecule has 0 unspecified atom stereocenters. The van der Waals surface area contributed by atoms with E-state index in [9.17, 15) is 23.3 Å². The van der Waals surface area contributed by atoms with Crippen molar-refractivity contribution in [1.82, 2.24) is 9.21 Å². The van der Waals surface area contributed by atoms with Crippen LogP contribution < -0.4 is 0 Å². The van der Waals surface area contributed by atoms with Crippen molar-refractivity contribution in [2.45, 2.75) is 4.90 Å². The quantitative estimate of drug-likeness (QED) is 0.522. The fourth-order valence-corrected chi connectivity index (χ4v) is 4.68. The minimum absolute atomic E-state index is 0.168. The molecule has 1 aliphatic rings. The standard InChI is InChI=1S/C17H16BrN3O5S/c18-15-7-6-13(12-16(15)21(23)24)17(22)19-8-10-20(11-9-19)27(25,26)14-4-2-1-3-5-14/h1-7,12H,8-11H2. The van der Waals surface area contributed by atoms with Crippen LogP contribution in [0.1, 0.15) is 10.4 Å². The highest BCUT2D eigenvalue weighted by molar-refractivity contribution is 9.10. The number of hydrogen-bond donors (Lipinski definition) is 0. The lowest BCUT2D eigenvalue weighted by atomic mass is 10.1. The molecule has 2 aromatic rings. The molecular weight excluding hydrogens is 438 g/mol. The number of piperazine rings is 1. The van der Waals surface area contributed by atoms with Gasteiger partial charge in [-0.1, -0.05) is 18.2 Å². The predicted octanol–water partition coefficient (Wildman–Crippen LogP) is 2.50. The van der Waals surface area contributed by atoms with Gasteiger partial charge in [0.1, 0.15) is 0 Å². The van der Waals surface area contributed by atoms with Gasteiger partial charge in [-0.3, -0.25) is 14.9 Å². The molecule has 0 saturated carbocycles. The molecule has 1 amide bonds. The van der Waals surface area contributed by atoms with Crippen LogP contribution in [-0.4, -0.2) is 54.6 Å². The minimum atomic E-state index is -3.60. The Bertz CT molecular complexity index is 973. The highest BCUT2D eigenvalue weighted by Crippen LogP contribution is 2.26. The van der Waals surface area contributed by atoms with Gasteiger partial charge in [-0.05, 0) is 40.2 Å². The topological polar surface area (TPSA) is 101 Å². The maximum absolute atomic E-state index is 12.6. The predicted molar refractivity (Wildman–Crippen MR) is 102 cm³/mol. The number of hydrogen-bond acceptors (Lipinski definition) is 5. The molecule has 1 saturated heterocycles. The molecule has 1 heterocycles. The largest absolute Gasteiger partial charge is 0.336 e. The lowest BCUT2D eigenvalue weighted by molar-refractivity contribution is -0.385. The lowest BCUT2D eigenvalue weighted by Crippen LogP contribution is -2.50. The minimum Gasteiger partial charge on any atom is -0.336 e. The van der Waals surface area contributed by atoms with Crippen molar-refractivity contribution in [1.29, 1.82) is 0 Å². The van der Waals surface area contributed by atoms with Crippen molar-refractivity contribution in [3.8, 4) is 0 Å². The molecule has 0 N–H and O–H groups in total. The first kappa shape index (κ1) is 19.5. The van der Waals surface area contributed by atoms with Crippen LogP contribution in [0.2, 0.25) is 0 Å². The third kappa shape index (κ3) is 4.02. The fourth-order valence-electron chi connectivity index (χ4n) is 2.84. The molecule has 0 aliphatic carbocycles. The fraction of sp³-hybridized carbons (Fsp3) is 0.235. The average molecular weight is 454 g/mol. The highest BCUT2D eigenvalue weighted by atomic mass is 79.9. The summed E-state index contributed by atoms with van der Waals surface area (Å²) in [6.07, 6.45) is 0. The molecule has 0 atom stereocenters. The summed E-state index contributed by atoms with van der Waals surface area (Å²) in [6, 6.07) is 12.3. The van der Waals surface area contributed by atoms with Gasteiger partial charge in [-0.25, -0.2) is 8.42 Å². The normalized spacial score (nSPS) is 15.5. The molecule has 0 spiro atoms. The first-order valence-corrected chi connectivity index (χ1v) is 10.3. The number of amides is 1. The second kappa shape index (κ2) is 7.75. The Balaban J connectivity index is 1.72. The van der Waals surface area contributed by atoms with Crippen molar-refractivity contribution < 1.29 is 18.1 Å². The van der Waals surface area contributed by atoms with Gasteiger partial charge in [-0.2, -0.15) is 4.31 Å². The SMILES string of the molecule is O=C(c1ccc(Br)c([N+](=O)[O-])c1)N1CCN(S(=O)(=O)c2ccccc2)CC1. The molecular formula is C17H16BrN3O5S. The van der Waals surface area contributed by atoms with Gasteiger partial charge in [0.2, 0.25) is 10.0 Å². The molecule has 3 rings (SSSR count). The van der Waals surface area contributed by atoms with Crippen LogP contribution in [0.3, 0.4) is 0 Å². The summed E-state index contributed by atoms with van der Waals surface area (Å²) in [7, 11) is -3.60. The van der Waals surface area contributed by atoms with E-state index in [1.54, 1.807) is 18.2 Å². The molecule has 10 heteroatoms. The number of halogens is 1. The molecule has 8 nitrogen and oxygen atoms in total. The van der Waals surface area contributed by atoms with Crippen LogP contribution in [-0.2, 0) is 10.0 Å². The van der Waals surface area contributed by atoms with Gasteiger partial charge >= 0.3 is 0 Å². The number of benzene rings is 2. The van der Waals surface area contributed by atoms with Crippen LogP contribution in [0.15, 0.2) is 57.9 Å². The third-order valence-electron chi connectivity index (χ3n) is 4.30. The molecule has 0 aromatic heterocycles. The van der Waals surface area contributed by atoms with Crippen molar-refractivity contribution in [2.75, 3.05) is 26.2 Å². The van der Waals surface area contributed by atoms with Crippen LogP contribution in [0.4, 0.5) is 5.69 Å². The highest BCUT2D eigenvalue weighted by Gasteiger charge is 2.30. The monoisotopic (exact) mass is 453 g/mol. The number of sulfonamides is 1. The molecule has 1 aliphatic heterocycles. The van der Waals surface area contributed by atoms with Crippen molar-refractivity contribution in [3.05, 3.63) is 68.7 Å².